The molecular formula is C17H23ClN2O3. The van der Waals surface area contributed by atoms with E-state index in [4.69, 9.17) is 22.1 Å². The second-order valence-corrected chi connectivity index (χ2v) is 6.60. The van der Waals surface area contributed by atoms with Crippen molar-refractivity contribution in [1.29, 1.82) is 0 Å². The van der Waals surface area contributed by atoms with E-state index >= 15 is 0 Å². The van der Waals surface area contributed by atoms with Crippen molar-refractivity contribution in [1.82, 2.24) is 4.90 Å². The van der Waals surface area contributed by atoms with Gasteiger partial charge in [0.15, 0.2) is 6.61 Å². The van der Waals surface area contributed by atoms with Gasteiger partial charge in [0.05, 0.1) is 16.3 Å². The number of hydrogen-bond donors (Lipinski definition) is 1. The van der Waals surface area contributed by atoms with Gasteiger partial charge in [-0.25, -0.2) is 4.79 Å². The van der Waals surface area contributed by atoms with Crippen LogP contribution in [0.5, 0.6) is 0 Å². The van der Waals surface area contributed by atoms with Gasteiger partial charge in [-0.2, -0.15) is 0 Å². The maximum Gasteiger partial charge on any atom is 0.340 e. The van der Waals surface area contributed by atoms with E-state index in [9.17, 15) is 9.59 Å². The molecule has 0 saturated heterocycles. The number of para-hydroxylation sites is 1. The topological polar surface area (TPSA) is 72.6 Å². The van der Waals surface area contributed by atoms with Crippen LogP contribution in [-0.2, 0) is 9.53 Å². The molecule has 1 aliphatic carbocycles. The summed E-state index contributed by atoms with van der Waals surface area (Å²) in [7, 11) is 1.77. The Labute approximate surface area is 141 Å². The number of rotatable bonds is 4. The number of benzene rings is 1. The highest BCUT2D eigenvalue weighted by Gasteiger charge is 2.25. The first kappa shape index (κ1) is 17.6. The molecule has 0 atom stereocenters. The van der Waals surface area contributed by atoms with E-state index in [1.807, 2.05) is 0 Å². The second kappa shape index (κ2) is 7.68. The zero-order valence-electron chi connectivity index (χ0n) is 13.5. The highest BCUT2D eigenvalue weighted by Crippen LogP contribution is 2.26. The maximum absolute atomic E-state index is 12.2. The monoisotopic (exact) mass is 338 g/mol. The van der Waals surface area contributed by atoms with E-state index in [2.05, 4.69) is 6.92 Å². The molecular weight excluding hydrogens is 316 g/mol. The summed E-state index contributed by atoms with van der Waals surface area (Å²) in [6.07, 6.45) is 4.25. The molecule has 0 spiro atoms. The molecule has 1 saturated carbocycles. The average molecular weight is 339 g/mol. The van der Waals surface area contributed by atoms with Gasteiger partial charge in [0.25, 0.3) is 5.91 Å². The summed E-state index contributed by atoms with van der Waals surface area (Å²) in [5.41, 5.74) is 6.10. The average Bonchev–Trinajstić information content (AvgIpc) is 2.55. The molecule has 6 heteroatoms. The Morgan fingerprint density at radius 1 is 1.30 bits per heavy atom. The van der Waals surface area contributed by atoms with Gasteiger partial charge in [0.2, 0.25) is 0 Å². The number of likely N-dealkylation sites (N-methyl/N-ethyl adjacent to an activating group) is 1. The molecule has 1 amide bonds. The molecule has 0 bridgehead atoms. The predicted molar refractivity (Wildman–Crippen MR) is 90.3 cm³/mol. The first-order chi connectivity index (χ1) is 10.9. The van der Waals surface area contributed by atoms with Crippen molar-refractivity contribution in [3.63, 3.8) is 0 Å². The lowest BCUT2D eigenvalue weighted by atomic mass is 9.87. The van der Waals surface area contributed by atoms with Crippen LogP contribution in [0.15, 0.2) is 18.2 Å². The van der Waals surface area contributed by atoms with E-state index in [-0.39, 0.29) is 29.8 Å². The normalized spacial score (nSPS) is 20.8. The van der Waals surface area contributed by atoms with E-state index < -0.39 is 5.97 Å². The van der Waals surface area contributed by atoms with Gasteiger partial charge in [-0.1, -0.05) is 24.6 Å². The Bertz CT molecular complexity index is 583. The molecule has 2 N–H and O–H groups in total. The van der Waals surface area contributed by atoms with Crippen LogP contribution >= 0.6 is 11.6 Å². The number of halogens is 1. The van der Waals surface area contributed by atoms with Crippen molar-refractivity contribution in [3.05, 3.63) is 28.8 Å². The number of carbonyl (C=O) groups excluding carboxylic acids is 2. The van der Waals surface area contributed by atoms with Gasteiger partial charge < -0.3 is 15.4 Å². The lowest BCUT2D eigenvalue weighted by Crippen LogP contribution is -2.41. The van der Waals surface area contributed by atoms with Crippen molar-refractivity contribution >= 4 is 29.2 Å². The number of esters is 1. The third kappa shape index (κ3) is 4.38. The number of carbonyl (C=O) groups is 2. The first-order valence-corrected chi connectivity index (χ1v) is 8.24. The van der Waals surface area contributed by atoms with Crippen LogP contribution in [0.3, 0.4) is 0 Å². The summed E-state index contributed by atoms with van der Waals surface area (Å²) >= 11 is 5.88. The minimum atomic E-state index is -0.635. The lowest BCUT2D eigenvalue weighted by molar-refractivity contribution is -0.136. The van der Waals surface area contributed by atoms with Crippen molar-refractivity contribution in [2.45, 2.75) is 38.6 Å². The SMILES string of the molecule is CC1CCC(N(C)C(=O)COC(=O)c2cccc(Cl)c2N)CC1. The smallest absolute Gasteiger partial charge is 0.340 e. The molecule has 0 unspecified atom stereocenters. The van der Waals surface area contributed by atoms with Gasteiger partial charge in [0, 0.05) is 13.1 Å². The van der Waals surface area contributed by atoms with Gasteiger partial charge in [-0.15, -0.1) is 0 Å². The van der Waals surface area contributed by atoms with Crippen molar-refractivity contribution in [2.75, 3.05) is 19.4 Å². The Balaban J connectivity index is 1.88. The third-order valence-corrected chi connectivity index (χ3v) is 4.86. The first-order valence-electron chi connectivity index (χ1n) is 7.87. The van der Waals surface area contributed by atoms with Crippen LogP contribution in [0.1, 0.15) is 43.0 Å². The minimum absolute atomic E-state index is 0.168. The van der Waals surface area contributed by atoms with E-state index in [1.54, 1.807) is 24.1 Å². The van der Waals surface area contributed by atoms with Crippen LogP contribution in [0.2, 0.25) is 5.02 Å². The molecule has 5 nitrogen and oxygen atoms in total. The number of hydrogen-bond acceptors (Lipinski definition) is 4. The molecule has 1 fully saturated rings. The van der Waals surface area contributed by atoms with Crippen LogP contribution in [0, 0.1) is 5.92 Å². The quantitative estimate of drug-likeness (QED) is 0.676. The molecule has 0 heterocycles. The van der Waals surface area contributed by atoms with Gasteiger partial charge in [-0.3, -0.25) is 4.79 Å². The third-order valence-electron chi connectivity index (χ3n) is 4.53. The zero-order valence-corrected chi connectivity index (χ0v) is 14.3. The Morgan fingerprint density at radius 3 is 2.61 bits per heavy atom. The molecule has 1 aromatic carbocycles. The summed E-state index contributed by atoms with van der Waals surface area (Å²) in [6.45, 7) is 1.95. The van der Waals surface area contributed by atoms with Crippen LogP contribution in [0.4, 0.5) is 5.69 Å². The molecule has 126 valence electrons. The van der Waals surface area contributed by atoms with Gasteiger partial charge in [-0.05, 0) is 43.7 Å². The highest BCUT2D eigenvalue weighted by molar-refractivity contribution is 6.33. The van der Waals surface area contributed by atoms with E-state index in [1.165, 1.54) is 6.07 Å². The van der Waals surface area contributed by atoms with Crippen LogP contribution in [-0.4, -0.2) is 36.5 Å². The number of ether oxygens (including phenoxy) is 1. The fourth-order valence-electron chi connectivity index (χ4n) is 2.86. The number of anilines is 1. The Kier molecular flexibility index (Phi) is 5.88. The fraction of sp³-hybridized carbons (Fsp3) is 0.529. The number of nitrogen functional groups attached to an aromatic ring is 1. The summed E-state index contributed by atoms with van der Waals surface area (Å²) < 4.78 is 5.09. The summed E-state index contributed by atoms with van der Waals surface area (Å²) in [6, 6.07) is 4.97. The second-order valence-electron chi connectivity index (χ2n) is 6.20. The van der Waals surface area contributed by atoms with Crippen LogP contribution in [0.25, 0.3) is 0 Å². The van der Waals surface area contributed by atoms with Crippen molar-refractivity contribution in [2.24, 2.45) is 5.92 Å². The number of nitrogens with zero attached hydrogens (tertiary/aromatic N) is 1. The predicted octanol–water partition coefficient (Wildman–Crippen LogP) is 3.12. The van der Waals surface area contributed by atoms with Crippen LogP contribution < -0.4 is 5.73 Å². The van der Waals surface area contributed by atoms with Gasteiger partial charge in [0.1, 0.15) is 0 Å². The zero-order chi connectivity index (χ0) is 17.0. The standard InChI is InChI=1S/C17H23ClN2O3/c1-11-6-8-12(9-7-11)20(2)15(21)10-23-17(22)13-4-3-5-14(18)16(13)19/h3-5,11-12H,6-10,19H2,1-2H3. The number of amides is 1. The van der Waals surface area contributed by atoms with Crippen molar-refractivity contribution in [3.8, 4) is 0 Å². The Morgan fingerprint density at radius 2 is 1.96 bits per heavy atom. The van der Waals surface area contributed by atoms with Gasteiger partial charge >= 0.3 is 5.97 Å². The molecule has 2 rings (SSSR count). The number of nitrogens with two attached hydrogens (primary N) is 1. The van der Waals surface area contributed by atoms with Crippen molar-refractivity contribution < 1.29 is 14.3 Å². The Hall–Kier alpha value is -1.75. The maximum atomic E-state index is 12.2. The molecule has 23 heavy (non-hydrogen) atoms. The highest BCUT2D eigenvalue weighted by atomic mass is 35.5. The molecule has 0 aromatic heterocycles. The largest absolute Gasteiger partial charge is 0.452 e. The summed E-state index contributed by atoms with van der Waals surface area (Å²) in [5, 5.41) is 0.291. The van der Waals surface area contributed by atoms with E-state index in [0.29, 0.717) is 5.02 Å². The molecule has 0 radical (unpaired) electrons. The van der Waals surface area contributed by atoms with E-state index in [0.717, 1.165) is 31.6 Å². The minimum Gasteiger partial charge on any atom is -0.452 e. The molecule has 0 aliphatic heterocycles. The lowest BCUT2D eigenvalue weighted by Gasteiger charge is -2.33. The summed E-state index contributed by atoms with van der Waals surface area (Å²) in [4.78, 5) is 25.9. The molecule has 1 aromatic rings. The molecule has 1 aliphatic rings. The summed E-state index contributed by atoms with van der Waals surface area (Å²) in [5.74, 6) is -0.110. The fourth-order valence-corrected chi connectivity index (χ4v) is 3.03.